The highest BCUT2D eigenvalue weighted by atomic mass is 16.6. The number of aromatic nitrogens is 2. The molecule has 0 fully saturated rings. The van der Waals surface area contributed by atoms with Crippen LogP contribution in [0.5, 0.6) is 0 Å². The summed E-state index contributed by atoms with van der Waals surface area (Å²) < 4.78 is 7.44. The number of cyclic esters (lactones) is 1. The lowest BCUT2D eigenvalue weighted by Crippen LogP contribution is -2.44. The number of fused-ring (bicyclic) bond motifs is 1. The molecule has 1 aromatic heterocycles. The lowest BCUT2D eigenvalue weighted by Gasteiger charge is -2.40. The van der Waals surface area contributed by atoms with Gasteiger partial charge in [-0.25, -0.2) is 9.78 Å². The summed E-state index contributed by atoms with van der Waals surface area (Å²) in [5.41, 5.74) is 1.57. The molecule has 2 heterocycles. The SMILES string of the molecule is CC1(C)OC(=O)c2ccccc2C1n1cncc1C(=O)Nc1ccccc1. The molecule has 1 N–H and O–H groups in total. The molecule has 2 aromatic carbocycles. The third-order valence-electron chi connectivity index (χ3n) is 4.70. The molecular formula is C21H19N3O3. The molecule has 1 aliphatic rings. The number of carbonyl (C=O) groups is 2. The maximum atomic E-state index is 12.8. The minimum atomic E-state index is -0.839. The van der Waals surface area contributed by atoms with Crippen molar-refractivity contribution in [3.05, 3.63) is 83.9 Å². The van der Waals surface area contributed by atoms with Crippen LogP contribution >= 0.6 is 0 Å². The number of imidazole rings is 1. The largest absolute Gasteiger partial charge is 0.453 e. The number of anilines is 1. The van der Waals surface area contributed by atoms with Gasteiger partial charge in [-0.2, -0.15) is 0 Å². The molecule has 1 atom stereocenters. The number of esters is 1. The summed E-state index contributed by atoms with van der Waals surface area (Å²) in [5.74, 6) is -0.633. The van der Waals surface area contributed by atoms with Crippen molar-refractivity contribution in [2.45, 2.75) is 25.5 Å². The minimum Gasteiger partial charge on any atom is -0.453 e. The van der Waals surface area contributed by atoms with E-state index in [1.807, 2.05) is 56.3 Å². The van der Waals surface area contributed by atoms with Crippen molar-refractivity contribution in [2.75, 3.05) is 5.32 Å². The molecule has 0 radical (unpaired) electrons. The van der Waals surface area contributed by atoms with Crippen LogP contribution in [0.15, 0.2) is 67.1 Å². The summed E-state index contributed by atoms with van der Waals surface area (Å²) in [4.78, 5) is 29.4. The van der Waals surface area contributed by atoms with Crippen molar-refractivity contribution < 1.29 is 14.3 Å². The monoisotopic (exact) mass is 361 g/mol. The summed E-state index contributed by atoms with van der Waals surface area (Å²) in [6.07, 6.45) is 3.12. The minimum absolute atomic E-state index is 0.274. The Kier molecular flexibility index (Phi) is 4.03. The smallest absolute Gasteiger partial charge is 0.339 e. The number of benzene rings is 2. The number of rotatable bonds is 3. The van der Waals surface area contributed by atoms with Crippen molar-refractivity contribution in [3.8, 4) is 0 Å². The summed E-state index contributed by atoms with van der Waals surface area (Å²) in [5, 5.41) is 2.88. The molecule has 6 heteroatoms. The van der Waals surface area contributed by atoms with Crippen LogP contribution < -0.4 is 5.32 Å². The van der Waals surface area contributed by atoms with Crippen LogP contribution in [0.2, 0.25) is 0 Å². The fraction of sp³-hybridized carbons (Fsp3) is 0.190. The molecule has 1 aliphatic heterocycles. The van der Waals surface area contributed by atoms with Crippen molar-refractivity contribution >= 4 is 17.6 Å². The molecule has 6 nitrogen and oxygen atoms in total. The van der Waals surface area contributed by atoms with Crippen molar-refractivity contribution in [3.63, 3.8) is 0 Å². The van der Waals surface area contributed by atoms with Gasteiger partial charge in [0.05, 0.1) is 18.1 Å². The van der Waals surface area contributed by atoms with E-state index in [1.165, 1.54) is 6.20 Å². The zero-order valence-electron chi connectivity index (χ0n) is 15.0. The van der Waals surface area contributed by atoms with Crippen LogP contribution in [0, 0.1) is 0 Å². The molecule has 3 aromatic rings. The fourth-order valence-electron chi connectivity index (χ4n) is 3.53. The van der Waals surface area contributed by atoms with Gasteiger partial charge in [-0.05, 0) is 37.6 Å². The van der Waals surface area contributed by atoms with E-state index in [4.69, 9.17) is 4.74 Å². The predicted octanol–water partition coefficient (Wildman–Crippen LogP) is 3.67. The predicted molar refractivity (Wildman–Crippen MR) is 101 cm³/mol. The number of ether oxygens (including phenoxy) is 1. The maximum absolute atomic E-state index is 12.8. The highest BCUT2D eigenvalue weighted by molar-refractivity contribution is 6.03. The lowest BCUT2D eigenvalue weighted by molar-refractivity contribution is -0.0263. The second-order valence-electron chi connectivity index (χ2n) is 6.99. The van der Waals surface area contributed by atoms with Gasteiger partial charge >= 0.3 is 5.97 Å². The summed E-state index contributed by atoms with van der Waals surface area (Å²) in [7, 11) is 0. The molecular weight excluding hydrogens is 342 g/mol. The van der Waals surface area contributed by atoms with Crippen LogP contribution in [0.1, 0.15) is 46.3 Å². The molecule has 27 heavy (non-hydrogen) atoms. The summed E-state index contributed by atoms with van der Waals surface area (Å²) >= 11 is 0. The van der Waals surface area contributed by atoms with E-state index in [0.29, 0.717) is 16.9 Å². The number of amides is 1. The Balaban J connectivity index is 1.76. The molecule has 1 unspecified atom stereocenters. The Hall–Kier alpha value is -3.41. The highest BCUT2D eigenvalue weighted by Crippen LogP contribution is 2.40. The van der Waals surface area contributed by atoms with Gasteiger partial charge in [0.15, 0.2) is 0 Å². The van der Waals surface area contributed by atoms with Crippen molar-refractivity contribution in [1.29, 1.82) is 0 Å². The van der Waals surface area contributed by atoms with Crippen LogP contribution in [-0.2, 0) is 4.74 Å². The van der Waals surface area contributed by atoms with Crippen LogP contribution in [-0.4, -0.2) is 27.0 Å². The van der Waals surface area contributed by atoms with Gasteiger partial charge < -0.3 is 14.6 Å². The quantitative estimate of drug-likeness (QED) is 0.723. The van der Waals surface area contributed by atoms with E-state index >= 15 is 0 Å². The first-order valence-corrected chi connectivity index (χ1v) is 8.68. The van der Waals surface area contributed by atoms with E-state index in [0.717, 1.165) is 5.56 Å². The Labute approximate surface area is 156 Å². The normalized spacial score (nSPS) is 17.7. The van der Waals surface area contributed by atoms with E-state index < -0.39 is 5.60 Å². The van der Waals surface area contributed by atoms with Crippen molar-refractivity contribution in [1.82, 2.24) is 9.55 Å². The third-order valence-corrected chi connectivity index (χ3v) is 4.70. The van der Waals surface area contributed by atoms with Gasteiger partial charge in [-0.3, -0.25) is 4.79 Å². The van der Waals surface area contributed by atoms with E-state index in [2.05, 4.69) is 10.3 Å². The Bertz CT molecular complexity index is 1010. The maximum Gasteiger partial charge on any atom is 0.339 e. The van der Waals surface area contributed by atoms with Crippen molar-refractivity contribution in [2.24, 2.45) is 0 Å². The average molecular weight is 361 g/mol. The molecule has 0 aliphatic carbocycles. The first-order valence-electron chi connectivity index (χ1n) is 8.68. The molecule has 1 amide bonds. The van der Waals surface area contributed by atoms with Crippen LogP contribution in [0.3, 0.4) is 0 Å². The number of hydrogen-bond acceptors (Lipinski definition) is 4. The molecule has 0 spiro atoms. The Morgan fingerprint density at radius 1 is 1.11 bits per heavy atom. The Morgan fingerprint density at radius 3 is 2.59 bits per heavy atom. The zero-order chi connectivity index (χ0) is 19.0. The molecule has 0 saturated heterocycles. The highest BCUT2D eigenvalue weighted by Gasteiger charge is 2.43. The van der Waals surface area contributed by atoms with Gasteiger partial charge in [0.25, 0.3) is 5.91 Å². The number of carbonyl (C=O) groups excluding carboxylic acids is 2. The van der Waals surface area contributed by atoms with E-state index in [1.54, 1.807) is 23.0 Å². The van der Waals surface area contributed by atoms with Gasteiger partial charge in [0, 0.05) is 5.69 Å². The average Bonchev–Trinajstić information content (AvgIpc) is 3.11. The van der Waals surface area contributed by atoms with E-state index in [9.17, 15) is 9.59 Å². The van der Waals surface area contributed by atoms with Gasteiger partial charge in [0.2, 0.25) is 0 Å². The Morgan fingerprint density at radius 2 is 1.81 bits per heavy atom. The number of nitrogens with zero attached hydrogens (tertiary/aromatic N) is 2. The number of hydrogen-bond donors (Lipinski definition) is 1. The standard InChI is InChI=1S/C21H19N3O3/c1-21(2)18(15-10-6-7-11-16(15)20(26)27-21)24-13-22-12-17(24)19(25)23-14-8-4-3-5-9-14/h3-13,18H,1-2H3,(H,23,25). The first-order chi connectivity index (χ1) is 13.0. The van der Waals surface area contributed by atoms with Gasteiger partial charge in [-0.1, -0.05) is 36.4 Å². The molecule has 4 rings (SSSR count). The molecule has 0 saturated carbocycles. The number of para-hydroxylation sites is 1. The second-order valence-corrected chi connectivity index (χ2v) is 6.99. The first kappa shape index (κ1) is 17.0. The molecule has 0 bridgehead atoms. The van der Waals surface area contributed by atoms with Crippen LogP contribution in [0.4, 0.5) is 5.69 Å². The summed E-state index contributed by atoms with van der Waals surface area (Å²) in [6, 6.07) is 16.2. The fourth-order valence-corrected chi connectivity index (χ4v) is 3.53. The van der Waals surface area contributed by atoms with Gasteiger partial charge in [0.1, 0.15) is 17.3 Å². The zero-order valence-corrected chi connectivity index (χ0v) is 15.0. The lowest BCUT2D eigenvalue weighted by atomic mass is 9.85. The van der Waals surface area contributed by atoms with Gasteiger partial charge in [-0.15, -0.1) is 0 Å². The molecule has 136 valence electrons. The number of nitrogens with one attached hydrogen (secondary N) is 1. The van der Waals surface area contributed by atoms with Crippen LogP contribution in [0.25, 0.3) is 0 Å². The topological polar surface area (TPSA) is 73.2 Å². The van der Waals surface area contributed by atoms with E-state index in [-0.39, 0.29) is 17.9 Å². The second kappa shape index (κ2) is 6.39. The summed E-state index contributed by atoms with van der Waals surface area (Å²) in [6.45, 7) is 3.68. The third kappa shape index (κ3) is 2.99.